The quantitative estimate of drug-likeness (QED) is 0.278. The van der Waals surface area contributed by atoms with E-state index in [2.05, 4.69) is 11.9 Å². The van der Waals surface area contributed by atoms with E-state index >= 15 is 0 Å². The van der Waals surface area contributed by atoms with Crippen LogP contribution >= 0.6 is 11.3 Å². The zero-order valence-electron chi connectivity index (χ0n) is 17.9. The molecule has 0 atom stereocenters. The van der Waals surface area contributed by atoms with Crippen molar-refractivity contribution in [2.24, 2.45) is 0 Å². The molecule has 2 heterocycles. The molecule has 0 radical (unpaired) electrons. The number of nitro groups is 1. The largest absolute Gasteiger partial charge is 0.337 e. The van der Waals surface area contributed by atoms with Gasteiger partial charge in [-0.25, -0.2) is 9.97 Å². The molecule has 0 saturated heterocycles. The van der Waals surface area contributed by atoms with E-state index < -0.39 is 4.92 Å². The van der Waals surface area contributed by atoms with Gasteiger partial charge in [-0.15, -0.1) is 0 Å². The summed E-state index contributed by atoms with van der Waals surface area (Å²) in [6, 6.07) is 10.7. The molecule has 0 aliphatic heterocycles. The van der Waals surface area contributed by atoms with Crippen molar-refractivity contribution in [1.82, 2.24) is 14.5 Å². The van der Waals surface area contributed by atoms with Gasteiger partial charge in [-0.2, -0.15) is 0 Å². The van der Waals surface area contributed by atoms with Crippen molar-refractivity contribution in [3.63, 3.8) is 0 Å². The summed E-state index contributed by atoms with van der Waals surface area (Å²) in [7, 11) is 0. The predicted molar refractivity (Wildman–Crippen MR) is 125 cm³/mol. The summed E-state index contributed by atoms with van der Waals surface area (Å²) < 4.78 is 2.97. The number of benzene rings is 2. The van der Waals surface area contributed by atoms with Crippen LogP contribution in [0, 0.1) is 17.0 Å². The summed E-state index contributed by atoms with van der Waals surface area (Å²) >= 11 is 1.46. The Labute approximate surface area is 189 Å². The number of aromatic nitrogens is 3. The number of anilines is 1. The standard InChI is InChI=1S/C23H23N5O3S/c1-3-17-7-4-10-20-21(17)25-23(32-20)27(13-6-12-26-14-11-24-15-26)22(29)18-8-5-9-19(16(18)2)28(30)31/h4-5,7-11,14-15H,3,6,12-13H2,1-2H3. The minimum Gasteiger partial charge on any atom is -0.337 e. The fourth-order valence-electron chi connectivity index (χ4n) is 3.71. The third-order valence-electron chi connectivity index (χ3n) is 5.44. The Morgan fingerprint density at radius 3 is 2.78 bits per heavy atom. The molecule has 2 aromatic carbocycles. The van der Waals surface area contributed by atoms with Gasteiger partial charge in [0.15, 0.2) is 5.13 Å². The van der Waals surface area contributed by atoms with Crippen LogP contribution in [0.25, 0.3) is 10.2 Å². The Hall–Kier alpha value is -3.59. The number of nitrogens with zero attached hydrogens (tertiary/aromatic N) is 5. The minimum absolute atomic E-state index is 0.0632. The Morgan fingerprint density at radius 2 is 2.06 bits per heavy atom. The van der Waals surface area contributed by atoms with Crippen molar-refractivity contribution >= 4 is 38.3 Å². The van der Waals surface area contributed by atoms with Crippen LogP contribution < -0.4 is 4.90 Å². The summed E-state index contributed by atoms with van der Waals surface area (Å²) in [5.41, 5.74) is 2.64. The van der Waals surface area contributed by atoms with Gasteiger partial charge < -0.3 is 4.57 Å². The molecule has 9 heteroatoms. The number of hydrogen-bond donors (Lipinski definition) is 0. The average molecular weight is 450 g/mol. The van der Waals surface area contributed by atoms with Crippen LogP contribution in [0.2, 0.25) is 0 Å². The zero-order chi connectivity index (χ0) is 22.7. The van der Waals surface area contributed by atoms with E-state index in [4.69, 9.17) is 4.98 Å². The number of rotatable bonds is 8. The van der Waals surface area contributed by atoms with Gasteiger partial charge in [-0.3, -0.25) is 19.8 Å². The highest BCUT2D eigenvalue weighted by Gasteiger charge is 2.25. The molecule has 0 N–H and O–H groups in total. The predicted octanol–water partition coefficient (Wildman–Crippen LogP) is 5.01. The molecule has 0 aliphatic carbocycles. The number of aryl methyl sites for hydroxylation is 2. The van der Waals surface area contributed by atoms with Crippen molar-refractivity contribution in [3.8, 4) is 0 Å². The van der Waals surface area contributed by atoms with E-state index in [1.165, 1.54) is 17.4 Å². The maximum absolute atomic E-state index is 13.6. The maximum Gasteiger partial charge on any atom is 0.273 e. The molecule has 164 valence electrons. The minimum atomic E-state index is -0.458. The molecule has 0 unspecified atom stereocenters. The third kappa shape index (κ3) is 4.24. The molecular weight excluding hydrogens is 426 g/mol. The highest BCUT2D eigenvalue weighted by atomic mass is 32.1. The van der Waals surface area contributed by atoms with Gasteiger partial charge in [0.05, 0.1) is 21.5 Å². The lowest BCUT2D eigenvalue weighted by Gasteiger charge is -2.21. The normalized spacial score (nSPS) is 11.1. The van der Waals surface area contributed by atoms with E-state index in [-0.39, 0.29) is 11.6 Å². The number of nitro benzene ring substituents is 1. The lowest BCUT2D eigenvalue weighted by molar-refractivity contribution is -0.385. The lowest BCUT2D eigenvalue weighted by atomic mass is 10.1. The van der Waals surface area contributed by atoms with Gasteiger partial charge in [0.2, 0.25) is 0 Å². The number of hydrogen-bond acceptors (Lipinski definition) is 6. The second-order valence-electron chi connectivity index (χ2n) is 7.43. The Kier molecular flexibility index (Phi) is 6.27. The number of para-hydroxylation sites is 1. The van der Waals surface area contributed by atoms with Crippen molar-refractivity contribution in [2.75, 3.05) is 11.4 Å². The fraction of sp³-hybridized carbons (Fsp3) is 0.261. The summed E-state index contributed by atoms with van der Waals surface area (Å²) in [5, 5.41) is 12.0. The van der Waals surface area contributed by atoms with Gasteiger partial charge in [-0.1, -0.05) is 36.5 Å². The molecule has 0 bridgehead atoms. The molecule has 0 spiro atoms. The number of imidazole rings is 1. The molecule has 4 rings (SSSR count). The second-order valence-corrected chi connectivity index (χ2v) is 8.44. The van der Waals surface area contributed by atoms with E-state index in [1.807, 2.05) is 29.0 Å². The molecule has 32 heavy (non-hydrogen) atoms. The van der Waals surface area contributed by atoms with Gasteiger partial charge >= 0.3 is 0 Å². The molecular formula is C23H23N5O3S. The third-order valence-corrected chi connectivity index (χ3v) is 6.48. The van der Waals surface area contributed by atoms with Crippen LogP contribution in [0.3, 0.4) is 0 Å². The van der Waals surface area contributed by atoms with E-state index in [0.29, 0.717) is 35.8 Å². The molecule has 0 fully saturated rings. The Morgan fingerprint density at radius 1 is 1.25 bits per heavy atom. The molecule has 4 aromatic rings. The SMILES string of the molecule is CCc1cccc2sc(N(CCCn3ccnc3)C(=O)c3cccc([N+](=O)[O-])c3C)nc12. The number of fused-ring (bicyclic) bond motifs is 1. The van der Waals surface area contributed by atoms with Crippen LogP contribution in [0.1, 0.15) is 34.8 Å². The van der Waals surface area contributed by atoms with Crippen LogP contribution in [0.4, 0.5) is 10.8 Å². The van der Waals surface area contributed by atoms with Crippen LogP contribution in [-0.2, 0) is 13.0 Å². The number of amides is 1. The highest BCUT2D eigenvalue weighted by molar-refractivity contribution is 7.22. The van der Waals surface area contributed by atoms with Crippen LogP contribution in [-0.4, -0.2) is 31.9 Å². The van der Waals surface area contributed by atoms with Gasteiger partial charge in [0.1, 0.15) is 0 Å². The second kappa shape index (κ2) is 9.27. The van der Waals surface area contributed by atoms with Crippen LogP contribution in [0.5, 0.6) is 0 Å². The first-order chi connectivity index (χ1) is 15.5. The van der Waals surface area contributed by atoms with Gasteiger partial charge in [-0.05, 0) is 37.5 Å². The average Bonchev–Trinajstić information content (AvgIpc) is 3.45. The highest BCUT2D eigenvalue weighted by Crippen LogP contribution is 2.33. The molecule has 2 aromatic heterocycles. The molecule has 8 nitrogen and oxygen atoms in total. The van der Waals surface area contributed by atoms with Crippen molar-refractivity contribution < 1.29 is 9.72 Å². The summed E-state index contributed by atoms with van der Waals surface area (Å²) in [6.07, 6.45) is 6.87. The topological polar surface area (TPSA) is 94.2 Å². The Balaban J connectivity index is 1.71. The first kappa shape index (κ1) is 21.6. The lowest BCUT2D eigenvalue weighted by Crippen LogP contribution is -2.33. The smallest absolute Gasteiger partial charge is 0.273 e. The summed E-state index contributed by atoms with van der Waals surface area (Å²) in [6.45, 7) is 4.82. The first-order valence-electron chi connectivity index (χ1n) is 10.4. The molecule has 1 amide bonds. The fourth-order valence-corrected chi connectivity index (χ4v) is 4.75. The van der Waals surface area contributed by atoms with Crippen molar-refractivity contribution in [3.05, 3.63) is 81.9 Å². The van der Waals surface area contributed by atoms with Gasteiger partial charge in [0, 0.05) is 42.7 Å². The van der Waals surface area contributed by atoms with E-state index in [1.54, 1.807) is 36.5 Å². The van der Waals surface area contributed by atoms with Crippen LogP contribution in [0.15, 0.2) is 55.1 Å². The maximum atomic E-state index is 13.6. The first-order valence-corrected chi connectivity index (χ1v) is 11.2. The molecule has 0 aliphatic rings. The molecule has 0 saturated carbocycles. The van der Waals surface area contributed by atoms with Gasteiger partial charge in [0.25, 0.3) is 11.6 Å². The number of carbonyl (C=O) groups is 1. The number of carbonyl (C=O) groups excluding carboxylic acids is 1. The number of thiazole rings is 1. The van der Waals surface area contributed by atoms with E-state index in [0.717, 1.165) is 22.2 Å². The van der Waals surface area contributed by atoms with Crippen molar-refractivity contribution in [1.29, 1.82) is 0 Å². The summed E-state index contributed by atoms with van der Waals surface area (Å²) in [4.78, 5) is 35.1. The monoisotopic (exact) mass is 449 g/mol. The summed E-state index contributed by atoms with van der Waals surface area (Å²) in [5.74, 6) is -0.283. The zero-order valence-corrected chi connectivity index (χ0v) is 18.7. The van der Waals surface area contributed by atoms with E-state index in [9.17, 15) is 14.9 Å². The van der Waals surface area contributed by atoms with Crippen molar-refractivity contribution in [2.45, 2.75) is 33.2 Å². The Bertz CT molecular complexity index is 1270.